The molecule has 2 aromatic carbocycles. The van der Waals surface area contributed by atoms with Gasteiger partial charge in [0.05, 0.1) is 17.9 Å². The highest BCUT2D eigenvalue weighted by atomic mass is 35.5. The minimum atomic E-state index is -0.738. The van der Waals surface area contributed by atoms with E-state index in [1.54, 1.807) is 41.9 Å². The van der Waals surface area contributed by atoms with E-state index in [2.05, 4.69) is 15.6 Å². The molecule has 0 aliphatic carbocycles. The maximum Gasteiger partial charge on any atom is 0.338 e. The molecule has 3 amide bonds. The average molecular weight is 525 g/mol. The average Bonchev–Trinajstić information content (AvgIpc) is 3.46. The van der Waals surface area contributed by atoms with Crippen molar-refractivity contribution in [3.8, 4) is 0 Å². The molecule has 0 radical (unpaired) electrons. The molecule has 2 heterocycles. The van der Waals surface area contributed by atoms with Gasteiger partial charge in [0.2, 0.25) is 0 Å². The van der Waals surface area contributed by atoms with Gasteiger partial charge in [-0.2, -0.15) is 0 Å². The van der Waals surface area contributed by atoms with Crippen molar-refractivity contribution in [2.75, 3.05) is 22.1 Å². The molecule has 2 N–H and O–H groups in total. The molecule has 1 aliphatic rings. The number of ether oxygens (including phenoxy) is 1. The lowest BCUT2D eigenvalue weighted by Crippen LogP contribution is -2.32. The van der Waals surface area contributed by atoms with Gasteiger partial charge in [-0.05, 0) is 42.8 Å². The fraction of sp³-hybridized carbons (Fsp3) is 0.160. The molecule has 0 saturated carbocycles. The molecule has 1 aliphatic heterocycles. The van der Waals surface area contributed by atoms with Gasteiger partial charge in [-0.1, -0.05) is 37.1 Å². The second-order valence-corrected chi connectivity index (χ2v) is 8.94. The summed E-state index contributed by atoms with van der Waals surface area (Å²) in [6.07, 6.45) is 3.19. The zero-order valence-electron chi connectivity index (χ0n) is 19.1. The number of amides is 3. The molecule has 9 nitrogen and oxygen atoms in total. The number of aromatic nitrogens is 1. The van der Waals surface area contributed by atoms with E-state index >= 15 is 0 Å². The van der Waals surface area contributed by atoms with E-state index in [1.807, 2.05) is 6.92 Å². The molecule has 0 spiro atoms. The van der Waals surface area contributed by atoms with Crippen LogP contribution < -0.4 is 15.5 Å². The molecule has 0 atom stereocenters. The Labute approximate surface area is 215 Å². The molecule has 11 heteroatoms. The predicted octanol–water partition coefficient (Wildman–Crippen LogP) is 4.79. The number of rotatable bonds is 9. The van der Waals surface area contributed by atoms with Crippen molar-refractivity contribution in [2.24, 2.45) is 0 Å². The first-order chi connectivity index (χ1) is 17.4. The Bertz CT molecular complexity index is 1360. The van der Waals surface area contributed by atoms with Crippen LogP contribution in [0.2, 0.25) is 0 Å². The molecule has 0 fully saturated rings. The highest BCUT2D eigenvalue weighted by Gasteiger charge is 2.39. The number of hydrogen-bond acceptors (Lipinski definition) is 8. The first-order valence-electron chi connectivity index (χ1n) is 11.0. The van der Waals surface area contributed by atoms with E-state index in [9.17, 15) is 19.2 Å². The summed E-state index contributed by atoms with van der Waals surface area (Å²) in [5, 5.41) is 7.40. The van der Waals surface area contributed by atoms with Gasteiger partial charge in [0.25, 0.3) is 17.7 Å². The largest absolute Gasteiger partial charge is 0.462 e. The number of carbonyl (C=O) groups excluding carboxylic acids is 4. The highest BCUT2D eigenvalue weighted by Crippen LogP contribution is 2.31. The van der Waals surface area contributed by atoms with Gasteiger partial charge in [-0.25, -0.2) is 14.7 Å². The van der Waals surface area contributed by atoms with Crippen LogP contribution in [0.1, 0.15) is 40.5 Å². The van der Waals surface area contributed by atoms with E-state index in [0.29, 0.717) is 16.4 Å². The summed E-state index contributed by atoms with van der Waals surface area (Å²) in [4.78, 5) is 55.7. The second kappa shape index (κ2) is 11.1. The summed E-state index contributed by atoms with van der Waals surface area (Å²) in [5.41, 5.74) is 0.943. The van der Waals surface area contributed by atoms with Gasteiger partial charge in [0.15, 0.2) is 5.13 Å². The van der Waals surface area contributed by atoms with Crippen LogP contribution in [0.4, 0.5) is 16.5 Å². The Morgan fingerprint density at radius 1 is 1.08 bits per heavy atom. The molecule has 4 rings (SSSR count). The van der Waals surface area contributed by atoms with Crippen molar-refractivity contribution in [3.63, 3.8) is 0 Å². The van der Waals surface area contributed by atoms with Crippen molar-refractivity contribution in [1.29, 1.82) is 0 Å². The van der Waals surface area contributed by atoms with Gasteiger partial charge in [-0.15, -0.1) is 11.3 Å². The van der Waals surface area contributed by atoms with Crippen LogP contribution in [0.3, 0.4) is 0 Å². The molecule has 0 unspecified atom stereocenters. The smallest absolute Gasteiger partial charge is 0.338 e. The summed E-state index contributed by atoms with van der Waals surface area (Å²) in [6, 6.07) is 12.4. The van der Waals surface area contributed by atoms with Crippen LogP contribution in [-0.2, 0) is 14.3 Å². The minimum absolute atomic E-state index is 0.143. The lowest BCUT2D eigenvalue weighted by atomic mass is 10.2. The van der Waals surface area contributed by atoms with Gasteiger partial charge >= 0.3 is 5.97 Å². The first-order valence-corrected chi connectivity index (χ1v) is 12.3. The number of carbonyl (C=O) groups is 4. The van der Waals surface area contributed by atoms with Crippen molar-refractivity contribution < 1.29 is 23.9 Å². The maximum absolute atomic E-state index is 13.2. The van der Waals surface area contributed by atoms with Crippen LogP contribution in [0, 0.1) is 0 Å². The van der Waals surface area contributed by atoms with E-state index < -0.39 is 17.8 Å². The van der Waals surface area contributed by atoms with Gasteiger partial charge in [0, 0.05) is 22.8 Å². The number of nitrogens with zero attached hydrogens (tertiary/aromatic N) is 2. The zero-order chi connectivity index (χ0) is 25.7. The SMILES string of the molecule is CCCCOC(=O)c1cccc(N2C(=O)C(Cl)=C(Nc3cccc(C(=O)Nc4nccs4)c3)C2=O)c1. The monoisotopic (exact) mass is 524 g/mol. The second-order valence-electron chi connectivity index (χ2n) is 7.67. The lowest BCUT2D eigenvalue weighted by Gasteiger charge is -2.16. The predicted molar refractivity (Wildman–Crippen MR) is 137 cm³/mol. The van der Waals surface area contributed by atoms with Crippen molar-refractivity contribution in [2.45, 2.75) is 19.8 Å². The summed E-state index contributed by atoms with van der Waals surface area (Å²) in [7, 11) is 0. The molecule has 0 bridgehead atoms. The topological polar surface area (TPSA) is 118 Å². The van der Waals surface area contributed by atoms with Crippen LogP contribution in [0.15, 0.2) is 70.8 Å². The zero-order valence-corrected chi connectivity index (χ0v) is 20.7. The number of thiazole rings is 1. The fourth-order valence-electron chi connectivity index (χ4n) is 3.35. The summed E-state index contributed by atoms with van der Waals surface area (Å²) >= 11 is 7.51. The Morgan fingerprint density at radius 2 is 1.86 bits per heavy atom. The lowest BCUT2D eigenvalue weighted by molar-refractivity contribution is -0.120. The Balaban J connectivity index is 1.50. The molecule has 36 heavy (non-hydrogen) atoms. The number of unbranched alkanes of at least 4 members (excludes halogenated alkanes) is 1. The van der Waals surface area contributed by atoms with Gasteiger partial charge in [0.1, 0.15) is 10.7 Å². The summed E-state index contributed by atoms with van der Waals surface area (Å²) in [6.45, 7) is 2.26. The molecule has 1 aromatic heterocycles. The van der Waals surface area contributed by atoms with Crippen LogP contribution in [0.5, 0.6) is 0 Å². The first kappa shape index (κ1) is 25.1. The Kier molecular flexibility index (Phi) is 7.77. The maximum atomic E-state index is 13.2. The third-order valence-corrected chi connectivity index (χ3v) is 6.18. The normalized spacial score (nSPS) is 13.2. The highest BCUT2D eigenvalue weighted by molar-refractivity contribution is 7.13. The number of esters is 1. The van der Waals surface area contributed by atoms with E-state index in [0.717, 1.165) is 17.7 Å². The van der Waals surface area contributed by atoms with Crippen LogP contribution in [-0.4, -0.2) is 35.3 Å². The minimum Gasteiger partial charge on any atom is -0.462 e. The van der Waals surface area contributed by atoms with E-state index in [-0.39, 0.29) is 34.5 Å². The number of benzene rings is 2. The standard InChI is InChI=1S/C25H21ClN4O5S/c1-2-3-11-35-24(34)16-7-5-9-18(14-16)30-22(32)19(26)20(23(30)33)28-17-8-4-6-15(13-17)21(31)29-25-27-10-12-36-25/h4-10,12-14,28H,2-3,11H2,1H3,(H,27,29,31). The third-order valence-electron chi connectivity index (χ3n) is 5.15. The number of imide groups is 1. The molecule has 184 valence electrons. The van der Waals surface area contributed by atoms with Crippen LogP contribution in [0.25, 0.3) is 0 Å². The summed E-state index contributed by atoms with van der Waals surface area (Å²) < 4.78 is 5.21. The van der Waals surface area contributed by atoms with E-state index in [4.69, 9.17) is 16.3 Å². The van der Waals surface area contributed by atoms with Crippen molar-refractivity contribution >= 4 is 63.1 Å². The van der Waals surface area contributed by atoms with Gasteiger partial charge in [-0.3, -0.25) is 19.7 Å². The Hall–Kier alpha value is -4.02. The Morgan fingerprint density at radius 3 is 2.61 bits per heavy atom. The summed E-state index contributed by atoms with van der Waals surface area (Å²) in [5.74, 6) is -2.36. The number of nitrogens with one attached hydrogen (secondary N) is 2. The van der Waals surface area contributed by atoms with Crippen LogP contribution >= 0.6 is 22.9 Å². The molecule has 3 aromatic rings. The van der Waals surface area contributed by atoms with Gasteiger partial charge < -0.3 is 10.1 Å². The third kappa shape index (κ3) is 5.45. The quantitative estimate of drug-likeness (QED) is 0.235. The fourth-order valence-corrected chi connectivity index (χ4v) is 4.08. The molecule has 0 saturated heterocycles. The number of hydrogen-bond donors (Lipinski definition) is 2. The van der Waals surface area contributed by atoms with Crippen molar-refractivity contribution in [3.05, 3.63) is 82.0 Å². The van der Waals surface area contributed by atoms with Crippen molar-refractivity contribution in [1.82, 2.24) is 4.98 Å². The molecular weight excluding hydrogens is 504 g/mol. The van der Waals surface area contributed by atoms with E-state index in [1.165, 1.54) is 29.5 Å². The molecular formula is C25H21ClN4O5S. The number of anilines is 3. The number of halogens is 1.